The molecule has 0 bridgehead atoms. The highest BCUT2D eigenvalue weighted by Crippen LogP contribution is 2.12. The highest BCUT2D eigenvalue weighted by Gasteiger charge is 2.07. The minimum atomic E-state index is -0.105. The lowest BCUT2D eigenvalue weighted by Crippen LogP contribution is -2.33. The fourth-order valence-electron chi connectivity index (χ4n) is 3.27. The zero-order valence-electron chi connectivity index (χ0n) is 18.7. The number of hydrogen-bond donors (Lipinski definition) is 3. The van der Waals surface area contributed by atoms with E-state index >= 15 is 0 Å². The molecule has 0 aliphatic rings. The first-order valence-corrected chi connectivity index (χ1v) is 12.0. The first-order chi connectivity index (χ1) is 14.6. The van der Waals surface area contributed by atoms with E-state index in [4.69, 9.17) is 12.2 Å². The van der Waals surface area contributed by atoms with Gasteiger partial charge in [0.1, 0.15) is 0 Å². The van der Waals surface area contributed by atoms with Crippen LogP contribution in [0.1, 0.15) is 101 Å². The maximum atomic E-state index is 12.0. The van der Waals surface area contributed by atoms with Gasteiger partial charge in [0, 0.05) is 24.2 Å². The van der Waals surface area contributed by atoms with E-state index < -0.39 is 0 Å². The van der Waals surface area contributed by atoms with Crippen molar-refractivity contribution in [3.05, 3.63) is 29.8 Å². The summed E-state index contributed by atoms with van der Waals surface area (Å²) in [4.78, 5) is 23.8. The molecular formula is C24H39N3O2S. The van der Waals surface area contributed by atoms with Gasteiger partial charge in [-0.25, -0.2) is 0 Å². The number of nitrogens with one attached hydrogen (secondary N) is 3. The van der Waals surface area contributed by atoms with Crippen molar-refractivity contribution in [2.75, 3.05) is 11.9 Å². The predicted octanol–water partition coefficient (Wildman–Crippen LogP) is 5.95. The molecule has 6 heteroatoms. The van der Waals surface area contributed by atoms with E-state index in [-0.39, 0.29) is 16.9 Å². The molecule has 0 spiro atoms. The summed E-state index contributed by atoms with van der Waals surface area (Å²) >= 11 is 5.20. The van der Waals surface area contributed by atoms with Crippen LogP contribution in [-0.4, -0.2) is 23.5 Å². The number of carbonyl (C=O) groups excluding carboxylic acids is 2. The van der Waals surface area contributed by atoms with E-state index in [1.807, 2.05) is 6.92 Å². The monoisotopic (exact) mass is 433 g/mol. The van der Waals surface area contributed by atoms with Crippen molar-refractivity contribution >= 4 is 34.8 Å². The molecule has 0 unspecified atom stereocenters. The Morgan fingerprint density at radius 1 is 0.800 bits per heavy atom. The first-order valence-electron chi connectivity index (χ1n) is 11.6. The molecule has 0 aromatic heterocycles. The smallest absolute Gasteiger partial charge is 0.251 e. The summed E-state index contributed by atoms with van der Waals surface area (Å²) in [6.45, 7) is 4.72. The van der Waals surface area contributed by atoms with Crippen molar-refractivity contribution in [3.63, 3.8) is 0 Å². The van der Waals surface area contributed by atoms with Gasteiger partial charge in [0.25, 0.3) is 5.91 Å². The first kappa shape index (κ1) is 26.1. The molecule has 0 atom stereocenters. The molecule has 1 rings (SSSR count). The minimum Gasteiger partial charge on any atom is -0.352 e. The van der Waals surface area contributed by atoms with Crippen LogP contribution in [-0.2, 0) is 4.79 Å². The summed E-state index contributed by atoms with van der Waals surface area (Å²) in [5, 5.41) is 8.74. The van der Waals surface area contributed by atoms with Crippen LogP contribution in [0, 0.1) is 0 Å². The third-order valence-corrected chi connectivity index (χ3v) is 5.21. The lowest BCUT2D eigenvalue weighted by Gasteiger charge is -2.10. The van der Waals surface area contributed by atoms with Gasteiger partial charge < -0.3 is 16.0 Å². The van der Waals surface area contributed by atoms with Crippen molar-refractivity contribution < 1.29 is 9.59 Å². The Morgan fingerprint density at radius 3 is 1.87 bits per heavy atom. The SMILES string of the molecule is CCCCCCCCCCCCCC(=O)NC(=S)Nc1ccc(C(=O)NCC)cc1. The zero-order valence-corrected chi connectivity index (χ0v) is 19.5. The molecule has 5 nitrogen and oxygen atoms in total. The molecule has 1 aromatic carbocycles. The highest BCUT2D eigenvalue weighted by atomic mass is 32.1. The Morgan fingerprint density at radius 2 is 1.33 bits per heavy atom. The number of amides is 2. The van der Waals surface area contributed by atoms with Crippen molar-refractivity contribution in [2.24, 2.45) is 0 Å². The van der Waals surface area contributed by atoms with Crippen LogP contribution in [0.2, 0.25) is 0 Å². The second-order valence-corrected chi connectivity index (χ2v) is 8.13. The summed E-state index contributed by atoms with van der Waals surface area (Å²) in [5.74, 6) is -0.158. The number of unbranched alkanes of at least 4 members (excludes halogenated alkanes) is 10. The molecule has 1 aromatic rings. The van der Waals surface area contributed by atoms with Crippen molar-refractivity contribution in [1.82, 2.24) is 10.6 Å². The summed E-state index contributed by atoms with van der Waals surface area (Å²) in [6.07, 6.45) is 14.4. The van der Waals surface area contributed by atoms with E-state index in [2.05, 4.69) is 22.9 Å². The van der Waals surface area contributed by atoms with E-state index in [1.165, 1.54) is 57.8 Å². The van der Waals surface area contributed by atoms with Gasteiger partial charge in [-0.2, -0.15) is 0 Å². The number of thiocarbonyl (C=S) groups is 1. The highest BCUT2D eigenvalue weighted by molar-refractivity contribution is 7.80. The Bertz CT molecular complexity index is 632. The molecule has 3 N–H and O–H groups in total. The van der Waals surface area contributed by atoms with Gasteiger partial charge in [-0.3, -0.25) is 9.59 Å². The van der Waals surface area contributed by atoms with E-state index in [0.29, 0.717) is 18.5 Å². The molecule has 2 amide bonds. The van der Waals surface area contributed by atoms with Crippen LogP contribution < -0.4 is 16.0 Å². The van der Waals surface area contributed by atoms with Crippen LogP contribution in [0.25, 0.3) is 0 Å². The standard InChI is InChI=1S/C24H39N3O2S/c1-3-5-6-7-8-9-10-11-12-13-14-15-22(28)27-24(30)26-21-18-16-20(17-19-21)23(29)25-4-2/h16-19H,3-15H2,1-2H3,(H,25,29)(H2,26,27,28,30). The molecule has 0 radical (unpaired) electrons. The summed E-state index contributed by atoms with van der Waals surface area (Å²) in [5.41, 5.74) is 1.33. The number of carbonyl (C=O) groups is 2. The lowest BCUT2D eigenvalue weighted by molar-refractivity contribution is -0.119. The molecule has 0 aliphatic heterocycles. The molecular weight excluding hydrogens is 394 g/mol. The third-order valence-electron chi connectivity index (χ3n) is 5.00. The van der Waals surface area contributed by atoms with Crippen LogP contribution in [0.5, 0.6) is 0 Å². The lowest BCUT2D eigenvalue weighted by atomic mass is 10.1. The Kier molecular flexibility index (Phi) is 14.6. The normalized spacial score (nSPS) is 10.5. The van der Waals surface area contributed by atoms with Gasteiger partial charge >= 0.3 is 0 Å². The second kappa shape index (κ2) is 16.8. The van der Waals surface area contributed by atoms with Crippen molar-refractivity contribution in [2.45, 2.75) is 90.9 Å². The molecule has 30 heavy (non-hydrogen) atoms. The van der Waals surface area contributed by atoms with Gasteiger partial charge in [-0.15, -0.1) is 0 Å². The van der Waals surface area contributed by atoms with E-state index in [0.717, 1.165) is 18.5 Å². The van der Waals surface area contributed by atoms with Crippen molar-refractivity contribution in [3.8, 4) is 0 Å². The largest absolute Gasteiger partial charge is 0.352 e. The van der Waals surface area contributed by atoms with Crippen LogP contribution in [0.4, 0.5) is 5.69 Å². The maximum absolute atomic E-state index is 12.0. The van der Waals surface area contributed by atoms with Crippen LogP contribution >= 0.6 is 12.2 Å². The van der Waals surface area contributed by atoms with Gasteiger partial charge in [0.05, 0.1) is 0 Å². The fraction of sp³-hybridized carbons (Fsp3) is 0.625. The molecule has 0 saturated heterocycles. The number of hydrogen-bond acceptors (Lipinski definition) is 3. The van der Waals surface area contributed by atoms with Crippen LogP contribution in [0.3, 0.4) is 0 Å². The van der Waals surface area contributed by atoms with E-state index in [9.17, 15) is 9.59 Å². The third kappa shape index (κ3) is 12.6. The molecule has 0 aliphatic carbocycles. The average Bonchev–Trinajstić information content (AvgIpc) is 2.72. The summed E-state index contributed by atoms with van der Waals surface area (Å²) in [7, 11) is 0. The molecule has 168 valence electrons. The van der Waals surface area contributed by atoms with Crippen molar-refractivity contribution in [1.29, 1.82) is 0 Å². The molecule has 0 saturated carbocycles. The number of anilines is 1. The fourth-order valence-corrected chi connectivity index (χ4v) is 3.50. The summed E-state index contributed by atoms with van der Waals surface area (Å²) < 4.78 is 0. The number of rotatable bonds is 15. The second-order valence-electron chi connectivity index (χ2n) is 7.72. The Hall–Kier alpha value is -1.95. The van der Waals surface area contributed by atoms with Gasteiger partial charge in [-0.05, 0) is 49.8 Å². The Labute approximate surface area is 187 Å². The quantitative estimate of drug-likeness (QED) is 0.236. The maximum Gasteiger partial charge on any atom is 0.251 e. The van der Waals surface area contributed by atoms with Gasteiger partial charge in [0.15, 0.2) is 5.11 Å². The van der Waals surface area contributed by atoms with Crippen LogP contribution in [0.15, 0.2) is 24.3 Å². The zero-order chi connectivity index (χ0) is 22.0. The molecule has 0 heterocycles. The van der Waals surface area contributed by atoms with Gasteiger partial charge in [0.2, 0.25) is 5.91 Å². The number of benzene rings is 1. The van der Waals surface area contributed by atoms with E-state index in [1.54, 1.807) is 24.3 Å². The topological polar surface area (TPSA) is 70.2 Å². The summed E-state index contributed by atoms with van der Waals surface area (Å²) in [6, 6.07) is 6.99. The average molecular weight is 434 g/mol. The predicted molar refractivity (Wildman–Crippen MR) is 130 cm³/mol. The molecule has 0 fully saturated rings. The Balaban J connectivity index is 2.09. The minimum absolute atomic E-state index is 0.0534. The van der Waals surface area contributed by atoms with Gasteiger partial charge in [-0.1, -0.05) is 71.1 Å².